The number of fused-ring (bicyclic) bond motifs is 1. The number of amidine groups is 1. The maximum Gasteiger partial charge on any atom is 0.337 e. The first-order valence-electron chi connectivity index (χ1n) is 13.8. The van der Waals surface area contributed by atoms with Crippen molar-refractivity contribution in [2.45, 2.75) is 33.2 Å². The van der Waals surface area contributed by atoms with Crippen molar-refractivity contribution < 1.29 is 14.6 Å². The number of ether oxygens (including phenoxy) is 1. The fraction of sp³-hybridized carbons (Fsp3) is 0.323. The molecule has 2 aliphatic heterocycles. The van der Waals surface area contributed by atoms with Gasteiger partial charge in [0.1, 0.15) is 0 Å². The Morgan fingerprint density at radius 1 is 1.10 bits per heavy atom. The lowest BCUT2D eigenvalue weighted by atomic mass is 9.95. The van der Waals surface area contributed by atoms with Gasteiger partial charge in [-0.05, 0) is 72.7 Å². The molecule has 9 heteroatoms. The molecule has 40 heavy (non-hydrogen) atoms. The first-order valence-corrected chi connectivity index (χ1v) is 13.8. The highest BCUT2D eigenvalue weighted by Crippen LogP contribution is 2.33. The number of anilines is 1. The Morgan fingerprint density at radius 3 is 2.67 bits per heavy atom. The second-order valence-corrected chi connectivity index (χ2v) is 10.4. The quantitative estimate of drug-likeness (QED) is 0.286. The van der Waals surface area contributed by atoms with Gasteiger partial charge in [-0.3, -0.25) is 4.57 Å². The van der Waals surface area contributed by atoms with Crippen LogP contribution in [0, 0.1) is 5.92 Å². The number of aromatic carboxylic acids is 1. The second-order valence-electron chi connectivity index (χ2n) is 10.4. The maximum absolute atomic E-state index is 12.0. The molecule has 0 aliphatic carbocycles. The molecule has 3 heterocycles. The molecule has 9 nitrogen and oxygen atoms in total. The molecular formula is C31H32N6O3. The minimum absolute atomic E-state index is 0.201. The summed E-state index contributed by atoms with van der Waals surface area (Å²) in [7, 11) is 0. The van der Waals surface area contributed by atoms with Gasteiger partial charge in [0.2, 0.25) is 0 Å². The third kappa shape index (κ3) is 4.95. The topological polar surface area (TPSA) is 105 Å². The zero-order valence-electron chi connectivity index (χ0n) is 22.7. The molecule has 2 aliphatic rings. The summed E-state index contributed by atoms with van der Waals surface area (Å²) >= 11 is 0. The molecule has 4 aromatic rings. The summed E-state index contributed by atoms with van der Waals surface area (Å²) in [5.41, 5.74) is 6.65. The summed E-state index contributed by atoms with van der Waals surface area (Å²) in [6.07, 6.45) is 2.47. The molecular weight excluding hydrogens is 504 g/mol. The second kappa shape index (κ2) is 10.9. The van der Waals surface area contributed by atoms with E-state index >= 15 is 0 Å². The average Bonchev–Trinajstić information content (AvgIpc) is 3.62. The van der Waals surface area contributed by atoms with Gasteiger partial charge in [0.15, 0.2) is 12.5 Å². The number of aromatic nitrogens is 2. The van der Waals surface area contributed by atoms with E-state index in [9.17, 15) is 9.90 Å². The molecule has 6 rings (SSSR count). The van der Waals surface area contributed by atoms with Gasteiger partial charge in [-0.15, -0.1) is 5.11 Å². The molecule has 0 saturated carbocycles. The van der Waals surface area contributed by atoms with E-state index in [0.717, 1.165) is 35.3 Å². The number of hydrogen-bond acceptors (Lipinski definition) is 7. The zero-order chi connectivity index (χ0) is 27.6. The highest BCUT2D eigenvalue weighted by molar-refractivity contribution is 6.06. The van der Waals surface area contributed by atoms with Crippen LogP contribution in [0.25, 0.3) is 22.2 Å². The van der Waals surface area contributed by atoms with Gasteiger partial charge in [0, 0.05) is 24.3 Å². The molecule has 0 radical (unpaired) electrons. The maximum atomic E-state index is 12.0. The minimum Gasteiger partial charge on any atom is -0.478 e. The predicted molar refractivity (Wildman–Crippen MR) is 156 cm³/mol. The lowest BCUT2D eigenvalue weighted by Crippen LogP contribution is -2.34. The van der Waals surface area contributed by atoms with E-state index in [1.807, 2.05) is 17.6 Å². The molecule has 1 fully saturated rings. The first kappa shape index (κ1) is 25.7. The Kier molecular flexibility index (Phi) is 7.02. The van der Waals surface area contributed by atoms with Gasteiger partial charge in [-0.25, -0.2) is 9.79 Å². The van der Waals surface area contributed by atoms with E-state index in [4.69, 9.17) is 4.74 Å². The molecule has 0 amide bonds. The third-order valence-corrected chi connectivity index (χ3v) is 7.56. The van der Waals surface area contributed by atoms with Gasteiger partial charge in [-0.1, -0.05) is 37.3 Å². The van der Waals surface area contributed by atoms with Crippen molar-refractivity contribution in [1.29, 1.82) is 0 Å². The van der Waals surface area contributed by atoms with Crippen LogP contribution in [-0.4, -0.2) is 52.8 Å². The van der Waals surface area contributed by atoms with E-state index < -0.39 is 5.97 Å². The van der Waals surface area contributed by atoms with Crippen LogP contribution in [0.4, 0.5) is 5.69 Å². The van der Waals surface area contributed by atoms with Crippen molar-refractivity contribution in [2.75, 3.05) is 31.3 Å². The number of carboxylic acid groups (broad SMARTS) is 1. The van der Waals surface area contributed by atoms with Crippen molar-refractivity contribution in [3.63, 3.8) is 0 Å². The van der Waals surface area contributed by atoms with Gasteiger partial charge in [0.05, 0.1) is 29.7 Å². The van der Waals surface area contributed by atoms with Gasteiger partial charge >= 0.3 is 5.97 Å². The SMILES string of the molecule is CCOc1nc2cccc(C(=O)O)c2n1Cc1ccc(-c2cc(N3CCC[C@@H](C)C3)ccc2C2=NCN=N2)cc1. The van der Waals surface area contributed by atoms with Crippen LogP contribution in [0.15, 0.2) is 75.9 Å². The number of imidazole rings is 1. The Hall–Kier alpha value is -4.53. The summed E-state index contributed by atoms with van der Waals surface area (Å²) in [5.74, 6) is 0.337. The number of para-hydroxylation sites is 1. The molecule has 0 bridgehead atoms. The largest absolute Gasteiger partial charge is 0.478 e. The van der Waals surface area contributed by atoms with Gasteiger partial charge < -0.3 is 14.7 Å². The van der Waals surface area contributed by atoms with Crippen LogP contribution < -0.4 is 9.64 Å². The van der Waals surface area contributed by atoms with Crippen molar-refractivity contribution >= 4 is 28.5 Å². The number of nitrogens with zero attached hydrogens (tertiary/aromatic N) is 6. The van der Waals surface area contributed by atoms with Gasteiger partial charge in [0.25, 0.3) is 6.01 Å². The fourth-order valence-electron chi connectivity index (χ4n) is 5.65. The number of rotatable bonds is 8. The highest BCUT2D eigenvalue weighted by Gasteiger charge is 2.21. The molecule has 1 atom stereocenters. The fourth-order valence-corrected chi connectivity index (χ4v) is 5.65. The summed E-state index contributed by atoms with van der Waals surface area (Å²) in [6, 6.07) is 20.4. The minimum atomic E-state index is -0.993. The third-order valence-electron chi connectivity index (χ3n) is 7.56. The normalized spacial score (nSPS) is 16.9. The number of benzene rings is 3. The lowest BCUT2D eigenvalue weighted by Gasteiger charge is -2.33. The van der Waals surface area contributed by atoms with Crippen LogP contribution in [0.2, 0.25) is 0 Å². The van der Waals surface area contributed by atoms with Crippen LogP contribution in [0.1, 0.15) is 48.2 Å². The molecule has 1 N–H and O–H groups in total. The molecule has 1 saturated heterocycles. The Morgan fingerprint density at radius 2 is 1.95 bits per heavy atom. The highest BCUT2D eigenvalue weighted by atomic mass is 16.5. The predicted octanol–water partition coefficient (Wildman–Crippen LogP) is 6.25. The van der Waals surface area contributed by atoms with E-state index in [2.05, 4.69) is 74.5 Å². The molecule has 1 aromatic heterocycles. The summed E-state index contributed by atoms with van der Waals surface area (Å²) < 4.78 is 7.64. The standard InChI is InChI=1S/C31H32N6O3/c1-3-40-31-34-27-8-4-7-25(30(38)39)28(27)37(31)18-21-9-11-22(12-10-21)26-16-23(36-15-5-6-20(2)17-36)13-14-24(26)29-32-19-33-35-29/h4,7-14,16,20H,3,5-6,15,17-19H2,1-2H3,(H,38,39)/t20-/m1/s1. The smallest absolute Gasteiger partial charge is 0.337 e. The average molecular weight is 537 g/mol. The first-order chi connectivity index (χ1) is 19.5. The van der Waals surface area contributed by atoms with Crippen LogP contribution in [0.5, 0.6) is 6.01 Å². The molecule has 3 aromatic carbocycles. The molecule has 0 spiro atoms. The number of piperidine rings is 1. The van der Waals surface area contributed by atoms with Crippen LogP contribution in [-0.2, 0) is 6.54 Å². The van der Waals surface area contributed by atoms with Crippen molar-refractivity contribution in [1.82, 2.24) is 9.55 Å². The molecule has 204 valence electrons. The number of carbonyl (C=O) groups is 1. The van der Waals surface area contributed by atoms with E-state index in [-0.39, 0.29) is 5.56 Å². The van der Waals surface area contributed by atoms with E-state index in [1.54, 1.807) is 12.1 Å². The summed E-state index contributed by atoms with van der Waals surface area (Å²) in [6.45, 7) is 7.53. The van der Waals surface area contributed by atoms with Crippen molar-refractivity contribution in [3.05, 3.63) is 77.4 Å². The van der Waals surface area contributed by atoms with Crippen LogP contribution >= 0.6 is 0 Å². The van der Waals surface area contributed by atoms with E-state index in [0.29, 0.717) is 48.6 Å². The lowest BCUT2D eigenvalue weighted by molar-refractivity contribution is 0.0698. The summed E-state index contributed by atoms with van der Waals surface area (Å²) in [4.78, 5) is 23.5. The Bertz CT molecular complexity index is 1620. The van der Waals surface area contributed by atoms with Gasteiger partial charge in [-0.2, -0.15) is 10.1 Å². The van der Waals surface area contributed by atoms with Crippen molar-refractivity contribution in [3.8, 4) is 17.1 Å². The number of hydrogen-bond donors (Lipinski definition) is 1. The number of azo groups is 1. The summed E-state index contributed by atoms with van der Waals surface area (Å²) in [5, 5.41) is 18.2. The Labute approximate surface area is 232 Å². The number of carboxylic acids is 1. The van der Waals surface area contributed by atoms with E-state index in [1.165, 1.54) is 18.5 Å². The monoisotopic (exact) mass is 536 g/mol. The Balaban J connectivity index is 1.36. The zero-order valence-corrected chi connectivity index (χ0v) is 22.7. The van der Waals surface area contributed by atoms with Crippen molar-refractivity contribution in [2.24, 2.45) is 21.1 Å². The number of aliphatic imine (C=N–C) groups is 1. The molecule has 0 unspecified atom stereocenters. The van der Waals surface area contributed by atoms with Crippen LogP contribution in [0.3, 0.4) is 0 Å².